The van der Waals surface area contributed by atoms with E-state index >= 15 is 0 Å². The number of rotatable bonds is 4. The number of hydrazone groups is 1. The van der Waals surface area contributed by atoms with E-state index in [1.165, 1.54) is 0 Å². The summed E-state index contributed by atoms with van der Waals surface area (Å²) < 4.78 is 0. The maximum Gasteiger partial charge on any atom is 0.237 e. The van der Waals surface area contributed by atoms with Crippen molar-refractivity contribution >= 4 is 11.4 Å². The Morgan fingerprint density at radius 2 is 2.00 bits per heavy atom. The Morgan fingerprint density at radius 3 is 2.55 bits per heavy atom. The van der Waals surface area contributed by atoms with Gasteiger partial charge in [0.1, 0.15) is 18.0 Å². The van der Waals surface area contributed by atoms with Crippen molar-refractivity contribution < 1.29 is 0 Å². The number of aromatic nitrogens is 3. The molecular formula is C13H11N7. The van der Waals surface area contributed by atoms with Crippen LogP contribution in [0, 0.1) is 29.6 Å². The van der Waals surface area contributed by atoms with Crippen LogP contribution in [-0.2, 0) is 6.42 Å². The van der Waals surface area contributed by atoms with Crippen LogP contribution >= 0.6 is 0 Å². The number of nitrogens with zero attached hydrogens (tertiary/aromatic N) is 5. The van der Waals surface area contributed by atoms with Crippen LogP contribution in [0.4, 0.5) is 5.69 Å². The van der Waals surface area contributed by atoms with Gasteiger partial charge < -0.3 is 0 Å². The van der Waals surface area contributed by atoms with Gasteiger partial charge in [-0.3, -0.25) is 10.5 Å². The van der Waals surface area contributed by atoms with E-state index in [1.807, 2.05) is 31.2 Å². The lowest BCUT2D eigenvalue weighted by atomic mass is 10.1. The quantitative estimate of drug-likeness (QED) is 0.642. The van der Waals surface area contributed by atoms with Crippen molar-refractivity contribution in [3.05, 3.63) is 41.5 Å². The van der Waals surface area contributed by atoms with Gasteiger partial charge in [0.25, 0.3) is 0 Å². The zero-order valence-electron chi connectivity index (χ0n) is 10.8. The number of anilines is 1. The van der Waals surface area contributed by atoms with Crippen molar-refractivity contribution in [2.24, 2.45) is 5.10 Å². The predicted molar refractivity (Wildman–Crippen MR) is 72.7 cm³/mol. The molecule has 0 fully saturated rings. The van der Waals surface area contributed by atoms with Crippen LogP contribution in [0.2, 0.25) is 0 Å². The van der Waals surface area contributed by atoms with E-state index in [0.717, 1.165) is 17.2 Å². The lowest BCUT2D eigenvalue weighted by Crippen LogP contribution is -1.97. The molecule has 0 saturated carbocycles. The highest BCUT2D eigenvalue weighted by Crippen LogP contribution is 2.12. The van der Waals surface area contributed by atoms with Crippen LogP contribution in [0.15, 0.2) is 29.4 Å². The summed E-state index contributed by atoms with van der Waals surface area (Å²) in [6.07, 6.45) is 0.634. The molecular weight excluding hydrogens is 254 g/mol. The van der Waals surface area contributed by atoms with Crippen molar-refractivity contribution in [2.75, 3.05) is 5.43 Å². The lowest BCUT2D eigenvalue weighted by Gasteiger charge is -2.01. The van der Waals surface area contributed by atoms with E-state index in [0.29, 0.717) is 12.1 Å². The maximum atomic E-state index is 8.55. The van der Waals surface area contributed by atoms with Gasteiger partial charge in [0.05, 0.1) is 5.69 Å². The Labute approximate surface area is 115 Å². The first-order chi connectivity index (χ1) is 9.71. The average molecular weight is 265 g/mol. The molecule has 0 saturated heterocycles. The molecule has 7 heteroatoms. The van der Waals surface area contributed by atoms with Crippen LogP contribution < -0.4 is 5.43 Å². The summed E-state index contributed by atoms with van der Waals surface area (Å²) in [7, 11) is 0. The third-order valence-corrected chi connectivity index (χ3v) is 2.47. The fourth-order valence-electron chi connectivity index (χ4n) is 1.54. The first-order valence-corrected chi connectivity index (χ1v) is 5.82. The molecule has 20 heavy (non-hydrogen) atoms. The van der Waals surface area contributed by atoms with Crippen molar-refractivity contribution in [1.29, 1.82) is 10.5 Å². The molecule has 0 aliphatic carbocycles. The Morgan fingerprint density at radius 1 is 1.30 bits per heavy atom. The van der Waals surface area contributed by atoms with E-state index in [-0.39, 0.29) is 5.71 Å². The van der Waals surface area contributed by atoms with Crippen LogP contribution in [0.25, 0.3) is 0 Å². The summed E-state index contributed by atoms with van der Waals surface area (Å²) in [5.74, 6) is 1.52. The van der Waals surface area contributed by atoms with Crippen LogP contribution in [-0.4, -0.2) is 20.9 Å². The summed E-state index contributed by atoms with van der Waals surface area (Å²) in [6, 6.07) is 10.8. The van der Waals surface area contributed by atoms with E-state index < -0.39 is 0 Å². The third kappa shape index (κ3) is 3.40. The first-order valence-electron chi connectivity index (χ1n) is 5.82. The minimum Gasteiger partial charge on any atom is -0.277 e. The number of hydrogen-bond donors (Lipinski definition) is 2. The summed E-state index contributed by atoms with van der Waals surface area (Å²) in [5, 5.41) is 27.6. The monoisotopic (exact) mass is 265 g/mol. The fourth-order valence-corrected chi connectivity index (χ4v) is 1.54. The summed E-state index contributed by atoms with van der Waals surface area (Å²) in [6.45, 7) is 1.85. The summed E-state index contributed by atoms with van der Waals surface area (Å²) in [4.78, 5) is 4.23. The van der Waals surface area contributed by atoms with Gasteiger partial charge in [0.15, 0.2) is 5.82 Å². The van der Waals surface area contributed by atoms with E-state index in [1.54, 1.807) is 12.1 Å². The summed E-state index contributed by atoms with van der Waals surface area (Å²) in [5.41, 5.74) is 4.18. The standard InChI is InChI=1S/C13H11N7/c1-9-16-13(20-17-9)6-10-2-4-11(5-3-10)18-19-12(7-14)8-15/h2-5,18H,6H2,1H3,(H,16,17,20). The largest absolute Gasteiger partial charge is 0.277 e. The SMILES string of the molecule is Cc1nc(Cc2ccc(NN=C(C#N)C#N)cc2)n[nH]1. The second-order valence-electron chi connectivity index (χ2n) is 4.01. The molecule has 0 spiro atoms. The molecule has 0 amide bonds. The first kappa shape index (κ1) is 13.2. The predicted octanol–water partition coefficient (Wildman–Crippen LogP) is 1.52. The normalized spacial score (nSPS) is 9.35. The van der Waals surface area contributed by atoms with Gasteiger partial charge in [-0.2, -0.15) is 20.7 Å². The molecule has 0 atom stereocenters. The molecule has 0 radical (unpaired) electrons. The number of benzene rings is 1. The van der Waals surface area contributed by atoms with Crippen molar-refractivity contribution in [2.45, 2.75) is 13.3 Å². The van der Waals surface area contributed by atoms with E-state index in [9.17, 15) is 0 Å². The van der Waals surface area contributed by atoms with Gasteiger partial charge in [-0.25, -0.2) is 4.98 Å². The highest BCUT2D eigenvalue weighted by molar-refractivity contribution is 6.10. The van der Waals surface area contributed by atoms with Crippen LogP contribution in [0.1, 0.15) is 17.2 Å². The molecule has 0 aliphatic heterocycles. The Bertz CT molecular complexity index is 682. The molecule has 0 aliphatic rings. The number of nitrogens with one attached hydrogen (secondary N) is 2. The molecule has 0 unspecified atom stereocenters. The highest BCUT2D eigenvalue weighted by Gasteiger charge is 2.02. The van der Waals surface area contributed by atoms with Gasteiger partial charge in [0, 0.05) is 6.42 Å². The molecule has 2 rings (SSSR count). The number of hydrogen-bond acceptors (Lipinski definition) is 6. The molecule has 1 heterocycles. The van der Waals surface area contributed by atoms with Gasteiger partial charge in [-0.05, 0) is 24.6 Å². The molecule has 7 nitrogen and oxygen atoms in total. The van der Waals surface area contributed by atoms with Gasteiger partial charge in [-0.15, -0.1) is 0 Å². The van der Waals surface area contributed by atoms with Gasteiger partial charge in [-0.1, -0.05) is 12.1 Å². The average Bonchev–Trinajstić information content (AvgIpc) is 2.87. The van der Waals surface area contributed by atoms with Crippen LogP contribution in [0.3, 0.4) is 0 Å². The van der Waals surface area contributed by atoms with Gasteiger partial charge >= 0.3 is 0 Å². The van der Waals surface area contributed by atoms with Crippen molar-refractivity contribution in [1.82, 2.24) is 15.2 Å². The van der Waals surface area contributed by atoms with Crippen LogP contribution in [0.5, 0.6) is 0 Å². The highest BCUT2D eigenvalue weighted by atomic mass is 15.3. The summed E-state index contributed by atoms with van der Waals surface area (Å²) >= 11 is 0. The van der Waals surface area contributed by atoms with E-state index in [4.69, 9.17) is 10.5 Å². The van der Waals surface area contributed by atoms with Gasteiger partial charge in [0.2, 0.25) is 5.71 Å². The number of nitriles is 2. The second kappa shape index (κ2) is 6.12. The maximum absolute atomic E-state index is 8.55. The smallest absolute Gasteiger partial charge is 0.237 e. The zero-order valence-corrected chi connectivity index (χ0v) is 10.8. The minimum absolute atomic E-state index is 0.217. The minimum atomic E-state index is -0.217. The topological polar surface area (TPSA) is 114 Å². The molecule has 1 aromatic carbocycles. The molecule has 0 bridgehead atoms. The molecule has 2 N–H and O–H groups in total. The number of aromatic amines is 1. The number of aryl methyl sites for hydroxylation is 1. The second-order valence-corrected chi connectivity index (χ2v) is 4.01. The lowest BCUT2D eigenvalue weighted by molar-refractivity contribution is 0.969. The zero-order chi connectivity index (χ0) is 14.4. The molecule has 1 aromatic heterocycles. The van der Waals surface area contributed by atoms with E-state index in [2.05, 4.69) is 25.7 Å². The number of H-pyrrole nitrogens is 1. The Kier molecular flexibility index (Phi) is 4.05. The van der Waals surface area contributed by atoms with Crippen molar-refractivity contribution in [3.63, 3.8) is 0 Å². The Hall–Kier alpha value is -3.19. The molecule has 2 aromatic rings. The third-order valence-electron chi connectivity index (χ3n) is 2.47. The van der Waals surface area contributed by atoms with Crippen molar-refractivity contribution in [3.8, 4) is 12.1 Å². The molecule has 98 valence electrons. The fraction of sp³-hybridized carbons (Fsp3) is 0.154. The Balaban J connectivity index is 2.02.